The molecule has 0 atom stereocenters. The van der Waals surface area contributed by atoms with E-state index in [1.54, 1.807) is 6.20 Å². The fraction of sp³-hybridized carbons (Fsp3) is 0.333. The number of nitrogens with zero attached hydrogens (tertiary/aromatic N) is 3. The van der Waals surface area contributed by atoms with Crippen LogP contribution in [0.3, 0.4) is 0 Å². The third kappa shape index (κ3) is 1.17. The molecule has 2 rings (SSSR count). The SMILES string of the molecule is N#CCN1Cc2cccnc2C1. The van der Waals surface area contributed by atoms with Crippen LogP contribution in [0, 0.1) is 11.3 Å². The predicted octanol–water partition coefficient (Wildman–Crippen LogP) is 0.921. The van der Waals surface area contributed by atoms with E-state index in [-0.39, 0.29) is 0 Å². The van der Waals surface area contributed by atoms with Gasteiger partial charge in [0.2, 0.25) is 0 Å². The first-order valence-electron chi connectivity index (χ1n) is 3.92. The van der Waals surface area contributed by atoms with Crippen molar-refractivity contribution in [2.45, 2.75) is 13.1 Å². The predicted molar refractivity (Wildman–Crippen MR) is 44.0 cm³/mol. The van der Waals surface area contributed by atoms with Crippen LogP contribution in [-0.4, -0.2) is 16.4 Å². The molecule has 3 nitrogen and oxygen atoms in total. The largest absolute Gasteiger partial charge is 0.280 e. The van der Waals surface area contributed by atoms with Crippen LogP contribution < -0.4 is 0 Å². The van der Waals surface area contributed by atoms with Gasteiger partial charge in [-0.1, -0.05) is 6.07 Å². The first-order valence-corrected chi connectivity index (χ1v) is 3.92. The highest BCUT2D eigenvalue weighted by molar-refractivity contribution is 5.23. The van der Waals surface area contributed by atoms with Crippen LogP contribution in [0.5, 0.6) is 0 Å². The van der Waals surface area contributed by atoms with Gasteiger partial charge in [-0.2, -0.15) is 5.26 Å². The average Bonchev–Trinajstić information content (AvgIpc) is 2.47. The van der Waals surface area contributed by atoms with E-state index in [0.717, 1.165) is 18.8 Å². The van der Waals surface area contributed by atoms with Crippen molar-refractivity contribution in [3.05, 3.63) is 29.6 Å². The topological polar surface area (TPSA) is 39.9 Å². The molecule has 2 heterocycles. The number of hydrogen-bond acceptors (Lipinski definition) is 3. The van der Waals surface area contributed by atoms with Gasteiger partial charge in [-0.25, -0.2) is 0 Å². The first kappa shape index (κ1) is 7.26. The third-order valence-electron chi connectivity index (χ3n) is 2.05. The maximum absolute atomic E-state index is 8.49. The molecule has 0 saturated carbocycles. The summed E-state index contributed by atoms with van der Waals surface area (Å²) in [5, 5.41) is 8.49. The maximum atomic E-state index is 8.49. The van der Waals surface area contributed by atoms with Crippen LogP contribution in [0.1, 0.15) is 11.3 Å². The van der Waals surface area contributed by atoms with E-state index in [4.69, 9.17) is 5.26 Å². The maximum Gasteiger partial charge on any atom is 0.0872 e. The van der Waals surface area contributed by atoms with Crippen molar-refractivity contribution >= 4 is 0 Å². The molecule has 1 aromatic heterocycles. The summed E-state index contributed by atoms with van der Waals surface area (Å²) in [5.74, 6) is 0. The van der Waals surface area contributed by atoms with Crippen molar-refractivity contribution in [3.63, 3.8) is 0 Å². The van der Waals surface area contributed by atoms with Gasteiger partial charge in [0, 0.05) is 19.3 Å². The lowest BCUT2D eigenvalue weighted by Crippen LogP contribution is -2.16. The van der Waals surface area contributed by atoms with Crippen LogP contribution in [0.15, 0.2) is 18.3 Å². The zero-order chi connectivity index (χ0) is 8.39. The Hall–Kier alpha value is -1.40. The van der Waals surface area contributed by atoms with E-state index >= 15 is 0 Å². The fourth-order valence-electron chi connectivity index (χ4n) is 1.48. The minimum absolute atomic E-state index is 0.496. The molecule has 1 aromatic rings. The minimum atomic E-state index is 0.496. The summed E-state index contributed by atoms with van der Waals surface area (Å²) in [6, 6.07) is 6.15. The van der Waals surface area contributed by atoms with Crippen molar-refractivity contribution in [3.8, 4) is 6.07 Å². The van der Waals surface area contributed by atoms with Crippen LogP contribution in [0.2, 0.25) is 0 Å². The molecule has 0 radical (unpaired) electrons. The van der Waals surface area contributed by atoms with E-state index in [2.05, 4.69) is 22.0 Å². The molecule has 0 fully saturated rings. The van der Waals surface area contributed by atoms with Crippen molar-refractivity contribution < 1.29 is 0 Å². The molecule has 0 spiro atoms. The van der Waals surface area contributed by atoms with Gasteiger partial charge in [-0.3, -0.25) is 9.88 Å². The highest BCUT2D eigenvalue weighted by Gasteiger charge is 2.18. The number of fused-ring (bicyclic) bond motifs is 1. The van der Waals surface area contributed by atoms with Gasteiger partial charge in [0.05, 0.1) is 18.3 Å². The molecule has 0 saturated heterocycles. The fourth-order valence-corrected chi connectivity index (χ4v) is 1.48. The molecular weight excluding hydrogens is 150 g/mol. The van der Waals surface area contributed by atoms with E-state index in [1.807, 2.05) is 6.07 Å². The van der Waals surface area contributed by atoms with Crippen LogP contribution in [-0.2, 0) is 13.1 Å². The Morgan fingerprint density at radius 1 is 1.58 bits per heavy atom. The lowest BCUT2D eigenvalue weighted by molar-refractivity contribution is 0.319. The Labute approximate surface area is 71.3 Å². The molecule has 0 N–H and O–H groups in total. The Bertz CT molecular complexity index is 302. The van der Waals surface area contributed by atoms with Crippen LogP contribution in [0.25, 0.3) is 0 Å². The minimum Gasteiger partial charge on any atom is -0.280 e. The van der Waals surface area contributed by atoms with Crippen molar-refractivity contribution in [1.29, 1.82) is 5.26 Å². The summed E-state index contributed by atoms with van der Waals surface area (Å²) >= 11 is 0. The lowest BCUT2D eigenvalue weighted by atomic mass is 10.2. The van der Waals surface area contributed by atoms with Crippen LogP contribution >= 0.6 is 0 Å². The molecule has 0 unspecified atom stereocenters. The Kier molecular flexibility index (Phi) is 1.77. The molecule has 60 valence electrons. The number of aromatic nitrogens is 1. The zero-order valence-corrected chi connectivity index (χ0v) is 6.70. The second-order valence-corrected chi connectivity index (χ2v) is 2.91. The van der Waals surface area contributed by atoms with Gasteiger partial charge < -0.3 is 0 Å². The smallest absolute Gasteiger partial charge is 0.0872 e. The highest BCUT2D eigenvalue weighted by atomic mass is 15.1. The Morgan fingerprint density at radius 3 is 3.25 bits per heavy atom. The first-order chi connectivity index (χ1) is 5.90. The zero-order valence-electron chi connectivity index (χ0n) is 6.70. The molecule has 3 heteroatoms. The normalized spacial score (nSPS) is 15.6. The van der Waals surface area contributed by atoms with E-state index in [0.29, 0.717) is 6.54 Å². The van der Waals surface area contributed by atoms with Crippen molar-refractivity contribution in [2.24, 2.45) is 0 Å². The Morgan fingerprint density at radius 2 is 2.50 bits per heavy atom. The second-order valence-electron chi connectivity index (χ2n) is 2.91. The van der Waals surface area contributed by atoms with Crippen molar-refractivity contribution in [2.75, 3.05) is 6.54 Å². The van der Waals surface area contributed by atoms with E-state index < -0.39 is 0 Å². The summed E-state index contributed by atoms with van der Waals surface area (Å²) in [7, 11) is 0. The van der Waals surface area contributed by atoms with E-state index in [9.17, 15) is 0 Å². The molecule has 12 heavy (non-hydrogen) atoms. The summed E-state index contributed by atoms with van der Waals surface area (Å²) in [5.41, 5.74) is 2.38. The number of hydrogen-bond donors (Lipinski definition) is 0. The van der Waals surface area contributed by atoms with Gasteiger partial charge in [-0.15, -0.1) is 0 Å². The molecule has 0 aromatic carbocycles. The molecule has 1 aliphatic rings. The second kappa shape index (κ2) is 2.92. The van der Waals surface area contributed by atoms with Gasteiger partial charge in [-0.05, 0) is 11.6 Å². The Balaban J connectivity index is 2.18. The van der Waals surface area contributed by atoms with Crippen LogP contribution in [0.4, 0.5) is 0 Å². The molecule has 1 aliphatic heterocycles. The standard InChI is InChI=1S/C9H9N3/c10-3-5-12-6-8-2-1-4-11-9(8)7-12/h1-2,4H,5-7H2. The van der Waals surface area contributed by atoms with Gasteiger partial charge in [0.1, 0.15) is 0 Å². The van der Waals surface area contributed by atoms with Gasteiger partial charge in [0.25, 0.3) is 0 Å². The molecule has 0 amide bonds. The molecule has 0 bridgehead atoms. The molecule has 0 aliphatic carbocycles. The number of pyridine rings is 1. The average molecular weight is 159 g/mol. The number of nitriles is 1. The highest BCUT2D eigenvalue weighted by Crippen LogP contribution is 2.18. The summed E-state index contributed by atoms with van der Waals surface area (Å²) in [6.07, 6.45) is 1.80. The summed E-state index contributed by atoms with van der Waals surface area (Å²) in [4.78, 5) is 6.32. The number of rotatable bonds is 1. The third-order valence-corrected chi connectivity index (χ3v) is 2.05. The van der Waals surface area contributed by atoms with Gasteiger partial charge >= 0.3 is 0 Å². The lowest BCUT2D eigenvalue weighted by Gasteiger charge is -2.06. The van der Waals surface area contributed by atoms with Crippen molar-refractivity contribution in [1.82, 2.24) is 9.88 Å². The quantitative estimate of drug-likeness (QED) is 0.572. The monoisotopic (exact) mass is 159 g/mol. The molecular formula is C9H9N3. The summed E-state index contributed by atoms with van der Waals surface area (Å²) < 4.78 is 0. The summed E-state index contributed by atoms with van der Waals surface area (Å²) in [6.45, 7) is 2.19. The van der Waals surface area contributed by atoms with E-state index in [1.165, 1.54) is 5.56 Å². The van der Waals surface area contributed by atoms with Gasteiger partial charge in [0.15, 0.2) is 0 Å².